The van der Waals surface area contributed by atoms with Crippen molar-refractivity contribution in [3.63, 3.8) is 0 Å². The van der Waals surface area contributed by atoms with Crippen LogP contribution in [0.3, 0.4) is 0 Å². The lowest BCUT2D eigenvalue weighted by atomic mass is 10.0. The number of rotatable bonds is 5. The number of nitrogens with one attached hydrogen (secondary N) is 1. The van der Waals surface area contributed by atoms with Crippen LogP contribution in [0.25, 0.3) is 0 Å². The van der Waals surface area contributed by atoms with Gasteiger partial charge in [-0.05, 0) is 26.3 Å². The molecule has 2 amide bonds. The molecule has 1 saturated heterocycles. The first kappa shape index (κ1) is 17.2. The third-order valence-electron chi connectivity index (χ3n) is 4.88. The van der Waals surface area contributed by atoms with Crippen LogP contribution in [0.2, 0.25) is 0 Å². The number of likely N-dealkylation sites (tertiary alicyclic amines) is 1. The van der Waals surface area contributed by atoms with Gasteiger partial charge in [0.1, 0.15) is 5.76 Å². The summed E-state index contributed by atoms with van der Waals surface area (Å²) in [4.78, 5) is 26.2. The second-order valence-corrected chi connectivity index (χ2v) is 6.51. The van der Waals surface area contributed by atoms with Crippen LogP contribution in [0.1, 0.15) is 41.6 Å². The Morgan fingerprint density at radius 1 is 1.40 bits per heavy atom. The van der Waals surface area contributed by atoms with E-state index in [0.717, 1.165) is 22.7 Å². The van der Waals surface area contributed by atoms with Crippen molar-refractivity contribution in [3.05, 3.63) is 35.0 Å². The summed E-state index contributed by atoms with van der Waals surface area (Å²) in [7, 11) is 3.60. The maximum Gasteiger partial charge on any atom is 0.225 e. The van der Waals surface area contributed by atoms with E-state index in [2.05, 4.69) is 15.6 Å². The molecule has 8 heteroatoms. The molecule has 0 aromatic carbocycles. The van der Waals surface area contributed by atoms with Crippen molar-refractivity contribution >= 4 is 11.8 Å². The maximum absolute atomic E-state index is 12.4. The molecule has 25 heavy (non-hydrogen) atoms. The van der Waals surface area contributed by atoms with Crippen molar-refractivity contribution in [2.45, 2.75) is 45.2 Å². The molecule has 3 rings (SSSR count). The first-order chi connectivity index (χ1) is 11.9. The van der Waals surface area contributed by atoms with Gasteiger partial charge in [-0.1, -0.05) is 5.16 Å². The molecule has 0 spiro atoms. The van der Waals surface area contributed by atoms with Crippen molar-refractivity contribution in [3.8, 4) is 0 Å². The molecule has 134 valence electrons. The van der Waals surface area contributed by atoms with Gasteiger partial charge >= 0.3 is 0 Å². The van der Waals surface area contributed by atoms with Gasteiger partial charge in [0.2, 0.25) is 11.8 Å². The molecule has 1 aliphatic heterocycles. The van der Waals surface area contributed by atoms with E-state index in [4.69, 9.17) is 4.52 Å². The fraction of sp³-hybridized carbons (Fsp3) is 0.529. The van der Waals surface area contributed by atoms with Crippen LogP contribution in [0.4, 0.5) is 0 Å². The lowest BCUT2D eigenvalue weighted by Crippen LogP contribution is -2.39. The van der Waals surface area contributed by atoms with E-state index in [1.54, 1.807) is 22.8 Å². The fourth-order valence-electron chi connectivity index (χ4n) is 3.45. The number of likely N-dealkylation sites (N-methyl/N-ethyl adjacent to an activating group) is 1. The molecule has 3 heterocycles. The highest BCUT2D eigenvalue weighted by Crippen LogP contribution is 2.31. The molecule has 1 fully saturated rings. The number of nitrogens with zero attached hydrogens (tertiary/aromatic N) is 4. The van der Waals surface area contributed by atoms with Gasteiger partial charge in [0.25, 0.3) is 0 Å². The predicted octanol–water partition coefficient (Wildman–Crippen LogP) is 1.05. The van der Waals surface area contributed by atoms with Gasteiger partial charge in [-0.3, -0.25) is 14.3 Å². The summed E-state index contributed by atoms with van der Waals surface area (Å²) in [6.07, 6.45) is 2.89. The smallest absolute Gasteiger partial charge is 0.225 e. The molecule has 2 atom stereocenters. The summed E-state index contributed by atoms with van der Waals surface area (Å²) < 4.78 is 6.86. The summed E-state index contributed by atoms with van der Waals surface area (Å²) in [5.41, 5.74) is 2.69. The molecule has 2 aromatic heterocycles. The number of aryl methyl sites for hydroxylation is 3. The van der Waals surface area contributed by atoms with Crippen LogP contribution in [-0.2, 0) is 23.1 Å². The number of carbonyl (C=O) groups excluding carboxylic acids is 2. The number of hydrogen-bond donors (Lipinski definition) is 1. The number of carbonyl (C=O) groups is 2. The molecule has 1 aliphatic rings. The summed E-state index contributed by atoms with van der Waals surface area (Å²) >= 11 is 0. The van der Waals surface area contributed by atoms with Crippen molar-refractivity contribution in [1.29, 1.82) is 0 Å². The second kappa shape index (κ2) is 6.70. The van der Waals surface area contributed by atoms with Crippen LogP contribution in [0.5, 0.6) is 0 Å². The lowest BCUT2D eigenvalue weighted by Gasteiger charge is -2.25. The first-order valence-corrected chi connectivity index (χ1v) is 8.33. The van der Waals surface area contributed by atoms with Crippen LogP contribution < -0.4 is 5.32 Å². The van der Waals surface area contributed by atoms with Crippen LogP contribution >= 0.6 is 0 Å². The van der Waals surface area contributed by atoms with Gasteiger partial charge in [0.05, 0.1) is 23.5 Å². The molecule has 0 unspecified atom stereocenters. The van der Waals surface area contributed by atoms with Crippen molar-refractivity contribution in [2.75, 3.05) is 7.05 Å². The summed E-state index contributed by atoms with van der Waals surface area (Å²) in [6.45, 7) is 3.71. The van der Waals surface area contributed by atoms with Crippen LogP contribution in [0, 0.1) is 13.8 Å². The number of aromatic nitrogens is 3. The molecule has 0 saturated carbocycles. The summed E-state index contributed by atoms with van der Waals surface area (Å²) in [5.74, 6) is 0.677. The van der Waals surface area contributed by atoms with Crippen LogP contribution in [-0.4, -0.2) is 44.7 Å². The zero-order valence-corrected chi connectivity index (χ0v) is 14.9. The SMILES string of the molecule is Cc1noc(C)c1CCC(=O)N[C@@H]1CC(=O)N(C)[C@H]1c1ccnn1C. The Kier molecular flexibility index (Phi) is 4.61. The minimum atomic E-state index is -0.259. The zero-order valence-electron chi connectivity index (χ0n) is 14.9. The van der Waals surface area contributed by atoms with Crippen molar-refractivity contribution < 1.29 is 14.1 Å². The Hall–Kier alpha value is -2.64. The first-order valence-electron chi connectivity index (χ1n) is 8.33. The van der Waals surface area contributed by atoms with Gasteiger partial charge in [-0.2, -0.15) is 5.10 Å². The normalized spacial score (nSPS) is 20.3. The Bertz CT molecular complexity index is 775. The van der Waals surface area contributed by atoms with E-state index in [1.165, 1.54) is 0 Å². The van der Waals surface area contributed by atoms with Gasteiger partial charge in [0, 0.05) is 38.7 Å². The van der Waals surface area contributed by atoms with E-state index in [1.807, 2.05) is 27.0 Å². The maximum atomic E-state index is 12.4. The van der Waals surface area contributed by atoms with E-state index in [-0.39, 0.29) is 23.9 Å². The Balaban J connectivity index is 1.67. The lowest BCUT2D eigenvalue weighted by molar-refractivity contribution is -0.127. The van der Waals surface area contributed by atoms with E-state index in [9.17, 15) is 9.59 Å². The molecule has 2 aromatic rings. The minimum absolute atomic E-state index is 0.0159. The Labute approximate surface area is 146 Å². The van der Waals surface area contributed by atoms with Gasteiger partial charge in [-0.15, -0.1) is 0 Å². The summed E-state index contributed by atoms with van der Waals surface area (Å²) in [6, 6.07) is 1.41. The van der Waals surface area contributed by atoms with E-state index in [0.29, 0.717) is 19.3 Å². The topological polar surface area (TPSA) is 93.3 Å². The van der Waals surface area contributed by atoms with Crippen molar-refractivity contribution in [1.82, 2.24) is 25.2 Å². The number of amides is 2. The van der Waals surface area contributed by atoms with E-state index < -0.39 is 0 Å². The molecule has 8 nitrogen and oxygen atoms in total. The highest BCUT2D eigenvalue weighted by molar-refractivity contribution is 5.83. The fourth-order valence-corrected chi connectivity index (χ4v) is 3.45. The third kappa shape index (κ3) is 3.29. The van der Waals surface area contributed by atoms with Gasteiger partial charge < -0.3 is 14.7 Å². The van der Waals surface area contributed by atoms with Crippen LogP contribution in [0.15, 0.2) is 16.8 Å². The quantitative estimate of drug-likeness (QED) is 0.874. The number of hydrogen-bond acceptors (Lipinski definition) is 5. The zero-order chi connectivity index (χ0) is 18.1. The monoisotopic (exact) mass is 345 g/mol. The van der Waals surface area contributed by atoms with E-state index >= 15 is 0 Å². The third-order valence-corrected chi connectivity index (χ3v) is 4.88. The Morgan fingerprint density at radius 2 is 2.16 bits per heavy atom. The predicted molar refractivity (Wildman–Crippen MR) is 89.6 cm³/mol. The minimum Gasteiger partial charge on any atom is -0.361 e. The second-order valence-electron chi connectivity index (χ2n) is 6.51. The molecule has 1 N–H and O–H groups in total. The highest BCUT2D eigenvalue weighted by Gasteiger charge is 2.40. The van der Waals surface area contributed by atoms with Gasteiger partial charge in [0.15, 0.2) is 0 Å². The average molecular weight is 345 g/mol. The largest absolute Gasteiger partial charge is 0.361 e. The van der Waals surface area contributed by atoms with Gasteiger partial charge in [-0.25, -0.2) is 0 Å². The molecule has 0 radical (unpaired) electrons. The average Bonchev–Trinajstić information content (AvgIpc) is 3.19. The molecule has 0 bridgehead atoms. The summed E-state index contributed by atoms with van der Waals surface area (Å²) in [5, 5.41) is 11.1. The Morgan fingerprint density at radius 3 is 2.76 bits per heavy atom. The van der Waals surface area contributed by atoms with Crippen molar-refractivity contribution in [2.24, 2.45) is 7.05 Å². The standard InChI is InChI=1S/C17H23N5O3/c1-10-12(11(2)25-20-10)5-6-15(23)19-13-9-16(24)21(3)17(13)14-7-8-18-22(14)4/h7-8,13,17H,5-6,9H2,1-4H3,(H,19,23)/t13-,17-/m1/s1. The highest BCUT2D eigenvalue weighted by atomic mass is 16.5. The molecular formula is C17H23N5O3. The molecular weight excluding hydrogens is 322 g/mol. The molecule has 0 aliphatic carbocycles.